The third kappa shape index (κ3) is 5.35. The molecule has 0 atom stereocenters. The van der Waals surface area contributed by atoms with E-state index < -0.39 is 0 Å². The monoisotopic (exact) mass is 594 g/mol. The van der Waals surface area contributed by atoms with Gasteiger partial charge in [0.1, 0.15) is 0 Å². The van der Waals surface area contributed by atoms with Gasteiger partial charge in [-0.1, -0.05) is 97.1 Å². The minimum atomic E-state index is 1.07. The fourth-order valence-electron chi connectivity index (χ4n) is 6.09. The maximum Gasteiger partial charge on any atom is 0.0467 e. The van der Waals surface area contributed by atoms with Crippen molar-refractivity contribution in [1.29, 1.82) is 0 Å². The topological polar surface area (TPSA) is 15.3 Å². The highest BCUT2D eigenvalue weighted by Gasteiger charge is 2.17. The van der Waals surface area contributed by atoms with Crippen molar-refractivity contribution >= 4 is 59.9 Å². The van der Waals surface area contributed by atoms with E-state index in [0.717, 1.165) is 28.4 Å². The van der Waals surface area contributed by atoms with Gasteiger partial charge in [-0.15, -0.1) is 11.3 Å². The third-order valence-electron chi connectivity index (χ3n) is 8.18. The van der Waals surface area contributed by atoms with E-state index in [0.29, 0.717) is 0 Å². The number of rotatable bonds is 7. The molecule has 0 spiro atoms. The van der Waals surface area contributed by atoms with Crippen molar-refractivity contribution in [2.45, 2.75) is 0 Å². The molecule has 0 aliphatic heterocycles. The van der Waals surface area contributed by atoms with Gasteiger partial charge in [0.15, 0.2) is 0 Å². The van der Waals surface area contributed by atoms with Crippen molar-refractivity contribution in [2.75, 3.05) is 10.2 Å². The maximum absolute atomic E-state index is 3.57. The molecule has 8 aromatic rings. The average molecular weight is 595 g/mol. The number of thiophene rings is 1. The van der Waals surface area contributed by atoms with Gasteiger partial charge in [-0.05, 0) is 95.6 Å². The van der Waals surface area contributed by atoms with Crippen molar-refractivity contribution in [3.63, 3.8) is 0 Å². The third-order valence-corrected chi connectivity index (χ3v) is 9.40. The molecule has 214 valence electrons. The Balaban J connectivity index is 1.29. The van der Waals surface area contributed by atoms with Crippen molar-refractivity contribution in [2.24, 2.45) is 0 Å². The molecule has 0 aliphatic rings. The molecule has 0 amide bonds. The number of nitrogens with zero attached hydrogens (tertiary/aromatic N) is 1. The van der Waals surface area contributed by atoms with Crippen molar-refractivity contribution in [3.05, 3.63) is 176 Å². The Labute approximate surface area is 267 Å². The quantitative estimate of drug-likeness (QED) is 0.197. The SMILES string of the molecule is c1ccc(Nc2cccc(-c3cc(-c4cccc(N(c5ccccc5)c5ccccc5)c4)c4sc5ccccc5c4c3)c2)cc1. The van der Waals surface area contributed by atoms with Gasteiger partial charge in [0, 0.05) is 54.2 Å². The maximum atomic E-state index is 3.57. The molecule has 0 saturated heterocycles. The first-order valence-corrected chi connectivity index (χ1v) is 16.0. The van der Waals surface area contributed by atoms with E-state index in [1.54, 1.807) is 0 Å². The molecule has 3 heteroatoms. The van der Waals surface area contributed by atoms with Crippen LogP contribution in [0.15, 0.2) is 176 Å². The van der Waals surface area contributed by atoms with Crippen LogP contribution in [-0.2, 0) is 0 Å². The highest BCUT2D eigenvalue weighted by atomic mass is 32.1. The Bertz CT molecular complexity index is 2200. The second kappa shape index (κ2) is 11.8. The first kappa shape index (κ1) is 26.9. The van der Waals surface area contributed by atoms with E-state index in [-0.39, 0.29) is 0 Å². The molecule has 2 nitrogen and oxygen atoms in total. The molecule has 1 N–H and O–H groups in total. The lowest BCUT2D eigenvalue weighted by atomic mass is 9.95. The van der Waals surface area contributed by atoms with Crippen LogP contribution in [0, 0.1) is 0 Å². The lowest BCUT2D eigenvalue weighted by Crippen LogP contribution is -2.09. The summed E-state index contributed by atoms with van der Waals surface area (Å²) in [5, 5.41) is 6.16. The van der Waals surface area contributed by atoms with E-state index in [2.05, 4.69) is 180 Å². The van der Waals surface area contributed by atoms with Crippen LogP contribution in [0.3, 0.4) is 0 Å². The Hall–Kier alpha value is -5.64. The first-order chi connectivity index (χ1) is 22.3. The molecular weight excluding hydrogens is 565 g/mol. The Morgan fingerprint density at radius 3 is 1.76 bits per heavy atom. The number of anilines is 5. The summed E-state index contributed by atoms with van der Waals surface area (Å²) in [6.07, 6.45) is 0. The largest absolute Gasteiger partial charge is 0.356 e. The van der Waals surface area contributed by atoms with E-state index in [9.17, 15) is 0 Å². The van der Waals surface area contributed by atoms with Crippen molar-refractivity contribution in [1.82, 2.24) is 0 Å². The minimum Gasteiger partial charge on any atom is -0.356 e. The molecule has 0 saturated carbocycles. The molecule has 45 heavy (non-hydrogen) atoms. The summed E-state index contributed by atoms with van der Waals surface area (Å²) in [5.41, 5.74) is 10.3. The van der Waals surface area contributed by atoms with Gasteiger partial charge >= 0.3 is 0 Å². The van der Waals surface area contributed by atoms with Gasteiger partial charge in [-0.25, -0.2) is 0 Å². The summed E-state index contributed by atoms with van der Waals surface area (Å²) in [6, 6.07) is 62.7. The molecular formula is C42H30N2S. The zero-order valence-electron chi connectivity index (χ0n) is 24.6. The minimum absolute atomic E-state index is 1.07. The fourth-order valence-corrected chi connectivity index (χ4v) is 7.31. The Morgan fingerprint density at radius 1 is 0.400 bits per heavy atom. The number of para-hydroxylation sites is 3. The zero-order valence-corrected chi connectivity index (χ0v) is 25.4. The van der Waals surface area contributed by atoms with Crippen LogP contribution in [0.2, 0.25) is 0 Å². The Kier molecular flexibility index (Phi) is 7.07. The highest BCUT2D eigenvalue weighted by Crippen LogP contribution is 2.44. The molecule has 8 rings (SSSR count). The molecule has 1 aromatic heterocycles. The molecule has 0 radical (unpaired) electrons. The second-order valence-corrected chi connectivity index (χ2v) is 12.2. The standard InChI is InChI=1S/C42H30N2S/c1-4-16-33(17-5-1)43-34-18-12-14-30(26-34)32-28-39(42-40(29-32)38-24-10-11-25-41(38)45-42)31-15-13-23-37(27-31)44(35-19-6-2-7-20-35)36-21-8-3-9-22-36/h1-29,43H. The van der Waals surface area contributed by atoms with E-state index in [4.69, 9.17) is 0 Å². The van der Waals surface area contributed by atoms with Crippen LogP contribution in [0.5, 0.6) is 0 Å². The Morgan fingerprint density at radius 2 is 1.00 bits per heavy atom. The predicted molar refractivity (Wildman–Crippen MR) is 195 cm³/mol. The number of hydrogen-bond acceptors (Lipinski definition) is 3. The normalized spacial score (nSPS) is 11.1. The summed E-state index contributed by atoms with van der Waals surface area (Å²) in [4.78, 5) is 2.33. The number of nitrogens with one attached hydrogen (secondary N) is 1. The lowest BCUT2D eigenvalue weighted by molar-refractivity contribution is 1.28. The first-order valence-electron chi connectivity index (χ1n) is 15.2. The average Bonchev–Trinajstić information content (AvgIpc) is 3.48. The zero-order chi connectivity index (χ0) is 30.0. The van der Waals surface area contributed by atoms with Gasteiger partial charge in [0.25, 0.3) is 0 Å². The molecule has 0 aliphatic carbocycles. The molecule has 0 unspecified atom stereocenters. The summed E-state index contributed by atoms with van der Waals surface area (Å²) >= 11 is 1.87. The van der Waals surface area contributed by atoms with Gasteiger partial charge in [-0.2, -0.15) is 0 Å². The van der Waals surface area contributed by atoms with Crippen LogP contribution in [0.25, 0.3) is 42.4 Å². The van der Waals surface area contributed by atoms with E-state index in [1.165, 1.54) is 42.4 Å². The van der Waals surface area contributed by atoms with Crippen LogP contribution in [0.4, 0.5) is 28.4 Å². The number of hydrogen-bond donors (Lipinski definition) is 1. The smallest absolute Gasteiger partial charge is 0.0467 e. The molecule has 0 fully saturated rings. The van der Waals surface area contributed by atoms with Crippen LogP contribution < -0.4 is 10.2 Å². The van der Waals surface area contributed by atoms with E-state index >= 15 is 0 Å². The summed E-state index contributed by atoms with van der Waals surface area (Å²) in [7, 11) is 0. The summed E-state index contributed by atoms with van der Waals surface area (Å²) < 4.78 is 2.61. The second-order valence-electron chi connectivity index (χ2n) is 11.1. The van der Waals surface area contributed by atoms with Gasteiger partial charge in [0.2, 0.25) is 0 Å². The van der Waals surface area contributed by atoms with E-state index in [1.807, 2.05) is 17.4 Å². The van der Waals surface area contributed by atoms with Crippen LogP contribution in [-0.4, -0.2) is 0 Å². The van der Waals surface area contributed by atoms with Crippen LogP contribution >= 0.6 is 11.3 Å². The van der Waals surface area contributed by atoms with Crippen molar-refractivity contribution in [3.8, 4) is 22.3 Å². The molecule has 1 heterocycles. The van der Waals surface area contributed by atoms with Gasteiger partial charge in [0.05, 0.1) is 0 Å². The summed E-state index contributed by atoms with van der Waals surface area (Å²) in [6.45, 7) is 0. The summed E-state index contributed by atoms with van der Waals surface area (Å²) in [5.74, 6) is 0. The lowest BCUT2D eigenvalue weighted by Gasteiger charge is -2.26. The number of benzene rings is 7. The fraction of sp³-hybridized carbons (Fsp3) is 0. The van der Waals surface area contributed by atoms with Gasteiger partial charge < -0.3 is 10.2 Å². The van der Waals surface area contributed by atoms with Crippen LogP contribution in [0.1, 0.15) is 0 Å². The van der Waals surface area contributed by atoms with Gasteiger partial charge in [-0.3, -0.25) is 0 Å². The number of fused-ring (bicyclic) bond motifs is 3. The predicted octanol–water partition coefficient (Wildman–Crippen LogP) is 12.6. The molecule has 0 bridgehead atoms. The molecule has 7 aromatic carbocycles. The van der Waals surface area contributed by atoms with Crippen molar-refractivity contribution < 1.29 is 0 Å². The highest BCUT2D eigenvalue weighted by molar-refractivity contribution is 7.26.